The first-order chi connectivity index (χ1) is 10.1. The monoisotopic (exact) mass is 299 g/mol. The summed E-state index contributed by atoms with van der Waals surface area (Å²) < 4.78 is 1.95. The molecule has 5 heteroatoms. The maximum Gasteiger partial charge on any atom is 0.270 e. The van der Waals surface area contributed by atoms with Crippen molar-refractivity contribution in [2.45, 2.75) is 13.5 Å². The van der Waals surface area contributed by atoms with E-state index >= 15 is 0 Å². The summed E-state index contributed by atoms with van der Waals surface area (Å²) in [6.45, 7) is 2.59. The lowest BCUT2D eigenvalue weighted by Gasteiger charge is -2.16. The summed E-state index contributed by atoms with van der Waals surface area (Å²) in [6, 6.07) is 8.19. The molecule has 0 radical (unpaired) electrons. The smallest absolute Gasteiger partial charge is 0.270 e. The highest BCUT2D eigenvalue weighted by molar-refractivity contribution is 7.07. The molecule has 0 atom stereocenters. The Labute approximate surface area is 127 Å². The molecule has 3 rings (SSSR count). The highest BCUT2D eigenvalue weighted by atomic mass is 32.1. The first-order valence-electron chi connectivity index (χ1n) is 6.75. The van der Waals surface area contributed by atoms with Crippen molar-refractivity contribution in [3.05, 3.63) is 52.1 Å². The molecule has 21 heavy (non-hydrogen) atoms. The van der Waals surface area contributed by atoms with E-state index in [-0.39, 0.29) is 5.91 Å². The lowest BCUT2D eigenvalue weighted by molar-refractivity contribution is 0.0774. The number of amides is 1. The largest absolute Gasteiger partial charge is 0.340 e. The zero-order chi connectivity index (χ0) is 15.0. The number of hydrogen-bond donors (Lipinski definition) is 0. The summed E-state index contributed by atoms with van der Waals surface area (Å²) in [4.78, 5) is 18.6. The fraction of sp³-hybridized carbons (Fsp3) is 0.250. The van der Waals surface area contributed by atoms with Gasteiger partial charge in [0.25, 0.3) is 5.91 Å². The van der Waals surface area contributed by atoms with Crippen molar-refractivity contribution < 1.29 is 4.79 Å². The Balaban J connectivity index is 1.92. The number of nitrogens with zero attached hydrogens (tertiary/aromatic N) is 3. The maximum absolute atomic E-state index is 12.6. The fourth-order valence-electron chi connectivity index (χ4n) is 2.50. The normalized spacial score (nSPS) is 11.0. The highest BCUT2D eigenvalue weighted by Gasteiger charge is 2.18. The number of benzene rings is 1. The Hall–Kier alpha value is -2.14. The average molecular weight is 299 g/mol. The van der Waals surface area contributed by atoms with Gasteiger partial charge in [-0.25, -0.2) is 4.98 Å². The minimum atomic E-state index is 0.0133. The Bertz CT molecular complexity index is 789. The van der Waals surface area contributed by atoms with Gasteiger partial charge < -0.3 is 9.47 Å². The van der Waals surface area contributed by atoms with Crippen molar-refractivity contribution in [2.24, 2.45) is 7.05 Å². The number of carbonyl (C=O) groups excluding carboxylic acids is 1. The molecule has 0 aliphatic rings. The van der Waals surface area contributed by atoms with Gasteiger partial charge in [0.15, 0.2) is 0 Å². The van der Waals surface area contributed by atoms with E-state index in [0.29, 0.717) is 12.2 Å². The number of aromatic nitrogens is 2. The molecule has 0 fully saturated rings. The van der Waals surface area contributed by atoms with Crippen LogP contribution in [0.25, 0.3) is 10.9 Å². The molecule has 2 heterocycles. The predicted molar refractivity (Wildman–Crippen MR) is 85.6 cm³/mol. The second-order valence-corrected chi connectivity index (χ2v) is 6.01. The first kappa shape index (κ1) is 13.8. The predicted octanol–water partition coefficient (Wildman–Crippen LogP) is 3.22. The summed E-state index contributed by atoms with van der Waals surface area (Å²) in [7, 11) is 3.74. The SMILES string of the molecule is Cc1ccc2c(c1)cc(C(=O)N(C)Cc1cscn1)n2C. The van der Waals surface area contributed by atoms with E-state index < -0.39 is 0 Å². The van der Waals surface area contributed by atoms with Crippen molar-refractivity contribution in [1.82, 2.24) is 14.5 Å². The Morgan fingerprint density at radius 3 is 2.90 bits per heavy atom. The van der Waals surface area contributed by atoms with E-state index in [2.05, 4.69) is 30.1 Å². The third-order valence-corrected chi connectivity index (χ3v) is 4.28. The van der Waals surface area contributed by atoms with Crippen molar-refractivity contribution >= 4 is 28.1 Å². The van der Waals surface area contributed by atoms with Crippen LogP contribution in [0.15, 0.2) is 35.2 Å². The van der Waals surface area contributed by atoms with Gasteiger partial charge in [0.05, 0.1) is 17.7 Å². The molecule has 0 unspecified atom stereocenters. The van der Waals surface area contributed by atoms with Crippen LogP contribution in [0.1, 0.15) is 21.7 Å². The third-order valence-electron chi connectivity index (χ3n) is 3.65. The van der Waals surface area contributed by atoms with Crippen molar-refractivity contribution in [1.29, 1.82) is 0 Å². The standard InChI is InChI=1S/C16H17N3OS/c1-11-4-5-14-12(6-11)7-15(19(14)3)16(20)18(2)8-13-9-21-10-17-13/h4-7,9-10H,8H2,1-3H3. The minimum Gasteiger partial charge on any atom is -0.340 e. The molecule has 3 aromatic rings. The molecular formula is C16H17N3OS. The second-order valence-electron chi connectivity index (χ2n) is 5.29. The van der Waals surface area contributed by atoms with E-state index in [0.717, 1.165) is 16.6 Å². The number of aryl methyl sites for hydroxylation is 2. The molecule has 0 bridgehead atoms. The zero-order valence-electron chi connectivity index (χ0n) is 12.3. The number of carbonyl (C=O) groups is 1. The molecule has 0 saturated carbocycles. The van der Waals surface area contributed by atoms with Crippen molar-refractivity contribution in [3.8, 4) is 0 Å². The van der Waals surface area contributed by atoms with Crippen LogP contribution in [0.2, 0.25) is 0 Å². The third kappa shape index (κ3) is 2.56. The topological polar surface area (TPSA) is 38.1 Å². The average Bonchev–Trinajstić information content (AvgIpc) is 3.06. The van der Waals surface area contributed by atoms with E-state index in [1.807, 2.05) is 30.1 Å². The first-order valence-corrected chi connectivity index (χ1v) is 7.69. The molecule has 0 aliphatic heterocycles. The van der Waals surface area contributed by atoms with Gasteiger partial charge in [0.1, 0.15) is 5.69 Å². The molecule has 108 valence electrons. The van der Waals surface area contributed by atoms with Crippen LogP contribution in [0, 0.1) is 6.92 Å². The summed E-state index contributed by atoms with van der Waals surface area (Å²) in [6.07, 6.45) is 0. The quantitative estimate of drug-likeness (QED) is 0.745. The van der Waals surface area contributed by atoms with Crippen molar-refractivity contribution in [2.75, 3.05) is 7.05 Å². The van der Waals surface area contributed by atoms with Gasteiger partial charge in [0.2, 0.25) is 0 Å². The Morgan fingerprint density at radius 1 is 1.38 bits per heavy atom. The second kappa shape index (κ2) is 5.33. The fourth-order valence-corrected chi connectivity index (χ4v) is 3.05. The molecule has 1 amide bonds. The lowest BCUT2D eigenvalue weighted by atomic mass is 10.2. The van der Waals surface area contributed by atoms with Crippen LogP contribution in [0.4, 0.5) is 0 Å². The summed E-state index contributed by atoms with van der Waals surface area (Å²) in [5.41, 5.74) is 5.68. The van der Waals surface area contributed by atoms with E-state index in [9.17, 15) is 4.79 Å². The maximum atomic E-state index is 12.6. The van der Waals surface area contributed by atoms with Gasteiger partial charge in [-0.3, -0.25) is 4.79 Å². The van der Waals surface area contributed by atoms with E-state index in [4.69, 9.17) is 0 Å². The molecule has 0 spiro atoms. The summed E-state index contributed by atoms with van der Waals surface area (Å²) in [5, 5.41) is 3.07. The van der Waals surface area contributed by atoms with Gasteiger partial charge in [0, 0.05) is 30.4 Å². The minimum absolute atomic E-state index is 0.0133. The van der Waals surface area contributed by atoms with Gasteiger partial charge in [-0.15, -0.1) is 11.3 Å². The van der Waals surface area contributed by atoms with Gasteiger partial charge in [-0.1, -0.05) is 11.6 Å². The number of hydrogen-bond acceptors (Lipinski definition) is 3. The van der Waals surface area contributed by atoms with Gasteiger partial charge in [-0.05, 0) is 25.1 Å². The molecule has 1 aromatic carbocycles. The van der Waals surface area contributed by atoms with Crippen LogP contribution in [-0.4, -0.2) is 27.4 Å². The molecular weight excluding hydrogens is 282 g/mol. The van der Waals surface area contributed by atoms with Crippen LogP contribution in [-0.2, 0) is 13.6 Å². The molecule has 4 nitrogen and oxygen atoms in total. The van der Waals surface area contributed by atoms with E-state index in [1.165, 1.54) is 5.56 Å². The summed E-state index contributed by atoms with van der Waals surface area (Å²) >= 11 is 1.54. The Kier molecular flexibility index (Phi) is 3.51. The highest BCUT2D eigenvalue weighted by Crippen LogP contribution is 2.21. The van der Waals surface area contributed by atoms with Gasteiger partial charge >= 0.3 is 0 Å². The van der Waals surface area contributed by atoms with Crippen LogP contribution >= 0.6 is 11.3 Å². The molecule has 2 aromatic heterocycles. The number of fused-ring (bicyclic) bond motifs is 1. The molecule has 0 aliphatic carbocycles. The summed E-state index contributed by atoms with van der Waals surface area (Å²) in [5.74, 6) is 0.0133. The zero-order valence-corrected chi connectivity index (χ0v) is 13.1. The number of rotatable bonds is 3. The van der Waals surface area contributed by atoms with Crippen LogP contribution in [0.5, 0.6) is 0 Å². The Morgan fingerprint density at radius 2 is 2.19 bits per heavy atom. The van der Waals surface area contributed by atoms with E-state index in [1.54, 1.807) is 21.7 Å². The molecule has 0 N–H and O–H groups in total. The van der Waals surface area contributed by atoms with Gasteiger partial charge in [-0.2, -0.15) is 0 Å². The lowest BCUT2D eigenvalue weighted by Crippen LogP contribution is -2.27. The van der Waals surface area contributed by atoms with Crippen LogP contribution < -0.4 is 0 Å². The molecule has 0 saturated heterocycles. The van der Waals surface area contributed by atoms with Crippen LogP contribution in [0.3, 0.4) is 0 Å². The number of thiazole rings is 1. The van der Waals surface area contributed by atoms with Crippen molar-refractivity contribution in [3.63, 3.8) is 0 Å².